The van der Waals surface area contributed by atoms with E-state index in [1.807, 2.05) is 53.4 Å². The molecule has 0 aliphatic carbocycles. The minimum absolute atomic E-state index is 0.0399. The molecule has 2 aliphatic rings. The van der Waals surface area contributed by atoms with E-state index in [-0.39, 0.29) is 11.6 Å². The minimum Gasteiger partial charge on any atom is -0.478 e. The summed E-state index contributed by atoms with van der Waals surface area (Å²) in [5.74, 6) is -3.15. The Morgan fingerprint density at radius 2 is 1.94 bits per heavy atom. The van der Waals surface area contributed by atoms with E-state index in [2.05, 4.69) is 0 Å². The first-order chi connectivity index (χ1) is 15.3. The van der Waals surface area contributed by atoms with Crippen molar-refractivity contribution in [2.45, 2.75) is 24.9 Å². The van der Waals surface area contributed by atoms with Crippen molar-refractivity contribution in [1.29, 1.82) is 0 Å². The van der Waals surface area contributed by atoms with Crippen LogP contribution in [0.5, 0.6) is 0 Å². The minimum atomic E-state index is -1.17. The number of hydrogen-bond donors (Lipinski definition) is 3. The lowest BCUT2D eigenvalue weighted by Gasteiger charge is -2.43. The Kier molecular flexibility index (Phi) is 5.86. The maximum absolute atomic E-state index is 12.4. The summed E-state index contributed by atoms with van der Waals surface area (Å²) in [7, 11) is 0. The van der Waals surface area contributed by atoms with Gasteiger partial charge in [-0.25, -0.2) is 14.2 Å². The van der Waals surface area contributed by atoms with Crippen molar-refractivity contribution in [2.75, 3.05) is 0 Å². The number of carboxylic acid groups (broad SMARTS) is 2. The number of nitrogens with zero attached hydrogens (tertiary/aromatic N) is 2. The van der Waals surface area contributed by atoms with Crippen molar-refractivity contribution in [1.82, 2.24) is 4.90 Å². The van der Waals surface area contributed by atoms with Crippen molar-refractivity contribution < 1.29 is 34.3 Å². The van der Waals surface area contributed by atoms with Gasteiger partial charge in [-0.1, -0.05) is 36.0 Å². The highest BCUT2D eigenvalue weighted by Crippen LogP contribution is 2.53. The van der Waals surface area contributed by atoms with E-state index >= 15 is 0 Å². The van der Waals surface area contributed by atoms with Crippen LogP contribution >= 0.6 is 11.8 Å². The van der Waals surface area contributed by atoms with Crippen LogP contribution in [0, 0.1) is 5.92 Å². The van der Waals surface area contributed by atoms with Gasteiger partial charge in [0.15, 0.2) is 18.9 Å². The fourth-order valence-electron chi connectivity index (χ4n) is 3.86. The number of aromatic nitrogens is 1. The Morgan fingerprint density at radius 1 is 1.22 bits per heavy atom. The van der Waals surface area contributed by atoms with Gasteiger partial charge in [0.2, 0.25) is 5.91 Å². The molecule has 1 aromatic carbocycles. The number of pyridine rings is 1. The Hall–Kier alpha value is -3.43. The maximum atomic E-state index is 12.4. The molecule has 164 valence electrons. The summed E-state index contributed by atoms with van der Waals surface area (Å²) < 4.78 is 1.92. The number of carboxylic acids is 2. The summed E-state index contributed by atoms with van der Waals surface area (Å²) >= 11 is 1.29. The number of hydrogen-bond acceptors (Lipinski definition) is 5. The molecule has 1 saturated heterocycles. The SMILES string of the molecule is C[C@@H](O)[C@H]1C(=O)N2C(C(=O)O)=C(c3ccc(C[n+]4cccc(C=CC(=O)O)c4)cc3)S[C@H]12. The lowest BCUT2D eigenvalue weighted by atomic mass is 9.92. The average Bonchev–Trinajstić information content (AvgIpc) is 3.08. The number of carbonyl (C=O) groups is 3. The second-order valence-electron chi connectivity index (χ2n) is 7.64. The number of rotatable bonds is 7. The largest absolute Gasteiger partial charge is 0.478 e. The number of thioether (sulfide) groups is 1. The number of aliphatic hydroxyl groups is 1. The number of carbonyl (C=O) groups excluding carboxylic acids is 1. The van der Waals surface area contributed by atoms with E-state index in [1.54, 1.807) is 0 Å². The van der Waals surface area contributed by atoms with E-state index in [0.29, 0.717) is 17.0 Å². The highest BCUT2D eigenvalue weighted by atomic mass is 32.2. The molecule has 1 aromatic heterocycles. The summed E-state index contributed by atoms with van der Waals surface area (Å²) in [6.07, 6.45) is 5.46. The fourth-order valence-corrected chi connectivity index (χ4v) is 5.48. The van der Waals surface area contributed by atoms with Gasteiger partial charge in [0.05, 0.1) is 12.0 Å². The lowest BCUT2D eigenvalue weighted by molar-refractivity contribution is -0.688. The Bertz CT molecular complexity index is 1160. The summed E-state index contributed by atoms with van der Waals surface area (Å²) in [6, 6.07) is 11.1. The van der Waals surface area contributed by atoms with Gasteiger partial charge in [-0.15, -0.1) is 0 Å². The van der Waals surface area contributed by atoms with Gasteiger partial charge in [-0.3, -0.25) is 9.69 Å². The van der Waals surface area contributed by atoms with Crippen LogP contribution in [0.1, 0.15) is 23.6 Å². The van der Waals surface area contributed by atoms with Crippen LogP contribution < -0.4 is 4.57 Å². The normalized spacial score (nSPS) is 20.9. The number of amides is 1. The van der Waals surface area contributed by atoms with Crippen LogP contribution in [0.15, 0.2) is 60.6 Å². The van der Waals surface area contributed by atoms with E-state index in [0.717, 1.165) is 17.2 Å². The van der Waals surface area contributed by atoms with Crippen LogP contribution in [0.3, 0.4) is 0 Å². The van der Waals surface area contributed by atoms with Crippen molar-refractivity contribution >= 4 is 40.6 Å². The van der Waals surface area contributed by atoms with Gasteiger partial charge in [0.1, 0.15) is 11.1 Å². The molecule has 32 heavy (non-hydrogen) atoms. The van der Waals surface area contributed by atoms with Crippen LogP contribution in [0.25, 0.3) is 11.0 Å². The molecule has 0 bridgehead atoms. The number of aliphatic hydroxyl groups excluding tert-OH is 1. The van der Waals surface area contributed by atoms with Crippen LogP contribution in [-0.2, 0) is 20.9 Å². The first-order valence-corrected chi connectivity index (χ1v) is 10.8. The molecule has 0 radical (unpaired) electrons. The quantitative estimate of drug-likeness (QED) is 0.332. The number of fused-ring (bicyclic) bond motifs is 1. The molecule has 0 spiro atoms. The highest BCUT2D eigenvalue weighted by molar-refractivity contribution is 8.09. The predicted molar refractivity (Wildman–Crippen MR) is 117 cm³/mol. The molecule has 3 heterocycles. The van der Waals surface area contributed by atoms with E-state index in [1.165, 1.54) is 29.7 Å². The van der Waals surface area contributed by atoms with E-state index in [9.17, 15) is 24.6 Å². The molecule has 1 amide bonds. The second-order valence-corrected chi connectivity index (χ2v) is 8.77. The van der Waals surface area contributed by atoms with Gasteiger partial charge in [0, 0.05) is 28.2 Å². The first-order valence-electron chi connectivity index (χ1n) is 9.91. The number of β-lactam (4-membered cyclic amide) rings is 1. The summed E-state index contributed by atoms with van der Waals surface area (Å²) in [5, 5.41) is 27.9. The molecule has 3 atom stereocenters. The third-order valence-corrected chi connectivity index (χ3v) is 6.79. The molecular formula is C23H21N2O6S+. The monoisotopic (exact) mass is 453 g/mol. The Balaban J connectivity index is 1.54. The molecule has 2 aliphatic heterocycles. The van der Waals surface area contributed by atoms with Crippen molar-refractivity contribution in [2.24, 2.45) is 5.92 Å². The summed E-state index contributed by atoms with van der Waals surface area (Å²) in [4.78, 5) is 36.7. The third-order valence-electron chi connectivity index (χ3n) is 5.38. The van der Waals surface area contributed by atoms with Crippen LogP contribution in [0.4, 0.5) is 0 Å². The topological polar surface area (TPSA) is 119 Å². The lowest BCUT2D eigenvalue weighted by Crippen LogP contribution is -2.60. The van der Waals surface area contributed by atoms with Crippen LogP contribution in [-0.4, -0.2) is 49.5 Å². The molecule has 8 nitrogen and oxygen atoms in total. The maximum Gasteiger partial charge on any atom is 0.353 e. The van der Waals surface area contributed by atoms with Crippen molar-refractivity contribution in [3.05, 3.63) is 77.3 Å². The van der Waals surface area contributed by atoms with Gasteiger partial charge >= 0.3 is 11.9 Å². The number of benzene rings is 1. The molecule has 9 heteroatoms. The first kappa shape index (κ1) is 21.8. The zero-order chi connectivity index (χ0) is 23.0. The molecule has 0 unspecified atom stereocenters. The van der Waals surface area contributed by atoms with Gasteiger partial charge < -0.3 is 15.3 Å². The predicted octanol–water partition coefficient (Wildman–Crippen LogP) is 1.79. The molecule has 3 N–H and O–H groups in total. The van der Waals surface area contributed by atoms with E-state index < -0.39 is 29.3 Å². The average molecular weight is 453 g/mol. The summed E-state index contributed by atoms with van der Waals surface area (Å²) in [5.41, 5.74) is 2.39. The molecule has 2 aromatic rings. The fraction of sp³-hybridized carbons (Fsp3) is 0.217. The highest BCUT2D eigenvalue weighted by Gasteiger charge is 2.57. The van der Waals surface area contributed by atoms with E-state index in [4.69, 9.17) is 5.11 Å². The zero-order valence-electron chi connectivity index (χ0n) is 17.1. The van der Waals surface area contributed by atoms with Crippen LogP contribution in [0.2, 0.25) is 0 Å². The molecule has 0 saturated carbocycles. The van der Waals surface area contributed by atoms with Crippen molar-refractivity contribution in [3.8, 4) is 0 Å². The standard InChI is InChI=1S/C23H20N2O6S/c1-13(26)18-21(29)25-19(23(30)31)20(32-22(18)25)16-7-4-15(5-8-16)12-24-10-2-3-14(11-24)6-9-17(27)28/h2-11,13,18,22,26H,12H2,1H3,(H-,27,28,30,31)/p+1/t13-,18+,22-/m1/s1. The number of aliphatic carboxylic acids is 2. The third kappa shape index (κ3) is 4.04. The van der Waals surface area contributed by atoms with Crippen molar-refractivity contribution in [3.63, 3.8) is 0 Å². The van der Waals surface area contributed by atoms with Gasteiger partial charge in [-0.05, 0) is 24.6 Å². The molecular weight excluding hydrogens is 432 g/mol. The molecule has 4 rings (SSSR count). The molecule has 1 fully saturated rings. The second kappa shape index (κ2) is 8.60. The zero-order valence-corrected chi connectivity index (χ0v) is 17.9. The van der Waals surface area contributed by atoms with Gasteiger partial charge in [0.25, 0.3) is 0 Å². The smallest absolute Gasteiger partial charge is 0.353 e. The Labute approximate surface area is 188 Å². The van der Waals surface area contributed by atoms with Gasteiger partial charge in [-0.2, -0.15) is 0 Å². The summed E-state index contributed by atoms with van der Waals surface area (Å²) in [6.45, 7) is 2.09. The Morgan fingerprint density at radius 3 is 2.56 bits per heavy atom.